The molecule has 3 aromatic rings. The van der Waals surface area contributed by atoms with E-state index in [2.05, 4.69) is 0 Å². The minimum absolute atomic E-state index is 0.145. The van der Waals surface area contributed by atoms with Gasteiger partial charge in [-0.1, -0.05) is 29.8 Å². The number of phenolic OH excluding ortho intramolecular Hbond substituents is 1. The van der Waals surface area contributed by atoms with Crippen LogP contribution in [0.2, 0.25) is 5.02 Å². The Morgan fingerprint density at radius 1 is 0.862 bits per heavy atom. The summed E-state index contributed by atoms with van der Waals surface area (Å²) in [6.45, 7) is 1.92. The van der Waals surface area contributed by atoms with E-state index < -0.39 is 0 Å². The van der Waals surface area contributed by atoms with Gasteiger partial charge in [0.05, 0.1) is 32.7 Å². The Bertz CT molecular complexity index is 1020. The number of hydrogen-bond acceptors (Lipinski definition) is 5. The Hall–Kier alpha value is -3.18. The molecule has 0 unspecified atom stereocenters. The van der Waals surface area contributed by atoms with E-state index in [1.165, 1.54) is 0 Å². The fraction of sp³-hybridized carbons (Fsp3) is 0.174. The molecule has 1 N–H and O–H groups in total. The summed E-state index contributed by atoms with van der Waals surface area (Å²) in [5, 5.41) is 11.2. The summed E-state index contributed by atoms with van der Waals surface area (Å²) >= 11 is 6.05. The Morgan fingerprint density at radius 2 is 1.48 bits per heavy atom. The Morgan fingerprint density at radius 3 is 2.00 bits per heavy atom. The van der Waals surface area contributed by atoms with Crippen molar-refractivity contribution in [2.45, 2.75) is 6.92 Å². The summed E-state index contributed by atoms with van der Waals surface area (Å²) in [6.07, 6.45) is 0. The Balaban J connectivity index is 2.23. The van der Waals surface area contributed by atoms with Gasteiger partial charge in [0.2, 0.25) is 5.75 Å². The molecule has 3 aromatic carbocycles. The molecule has 0 spiro atoms. The summed E-state index contributed by atoms with van der Waals surface area (Å²) in [5.41, 5.74) is 3.54. The molecule has 0 radical (unpaired) electrons. The van der Waals surface area contributed by atoms with Gasteiger partial charge in [-0.15, -0.1) is 0 Å². The minimum atomic E-state index is 0.145. The zero-order valence-electron chi connectivity index (χ0n) is 16.7. The van der Waals surface area contributed by atoms with Crippen LogP contribution in [-0.2, 0) is 0 Å². The SMILES string of the molecule is COc1cc(N=C(c2ccc(Cl)cc2)c2ccc(C)cc2O)cc(OC)c1OC. The smallest absolute Gasteiger partial charge is 0.203 e. The molecule has 0 atom stereocenters. The molecule has 0 aliphatic carbocycles. The normalized spacial score (nSPS) is 11.3. The van der Waals surface area contributed by atoms with Crippen LogP contribution in [0.5, 0.6) is 23.0 Å². The molecule has 0 fully saturated rings. The predicted molar refractivity (Wildman–Crippen MR) is 116 cm³/mol. The van der Waals surface area contributed by atoms with Crippen LogP contribution in [0.15, 0.2) is 59.6 Å². The average Bonchev–Trinajstić information content (AvgIpc) is 2.72. The van der Waals surface area contributed by atoms with Gasteiger partial charge in [-0.3, -0.25) is 0 Å². The lowest BCUT2D eigenvalue weighted by atomic mass is 10.00. The van der Waals surface area contributed by atoms with Crippen molar-refractivity contribution in [3.63, 3.8) is 0 Å². The number of hydrogen-bond donors (Lipinski definition) is 1. The number of aryl methyl sites for hydroxylation is 1. The summed E-state index contributed by atoms with van der Waals surface area (Å²) < 4.78 is 16.2. The van der Waals surface area contributed by atoms with Gasteiger partial charge in [-0.2, -0.15) is 0 Å². The molecule has 5 nitrogen and oxygen atoms in total. The second-order valence-corrected chi connectivity index (χ2v) is 6.81. The highest BCUT2D eigenvalue weighted by atomic mass is 35.5. The van der Waals surface area contributed by atoms with Crippen molar-refractivity contribution >= 4 is 23.0 Å². The van der Waals surface area contributed by atoms with Gasteiger partial charge >= 0.3 is 0 Å². The molecule has 0 aliphatic rings. The minimum Gasteiger partial charge on any atom is -0.507 e. The van der Waals surface area contributed by atoms with Crippen LogP contribution in [0.1, 0.15) is 16.7 Å². The molecule has 0 amide bonds. The van der Waals surface area contributed by atoms with Crippen LogP contribution in [-0.4, -0.2) is 32.1 Å². The van der Waals surface area contributed by atoms with E-state index in [1.807, 2.05) is 31.2 Å². The first-order valence-corrected chi connectivity index (χ1v) is 9.29. The molecular weight excluding hydrogens is 390 g/mol. The standard InChI is InChI=1S/C23H22ClNO4/c1-14-5-10-18(19(26)11-14)22(15-6-8-16(24)9-7-15)25-17-12-20(27-2)23(29-4)21(13-17)28-3/h5-13,26H,1-4H3. The van der Waals surface area contributed by atoms with Crippen molar-refractivity contribution in [2.75, 3.05) is 21.3 Å². The number of aromatic hydroxyl groups is 1. The number of aliphatic imine (C=N–C) groups is 1. The summed E-state index contributed by atoms with van der Waals surface area (Å²) in [4.78, 5) is 4.81. The predicted octanol–water partition coefficient (Wildman–Crippen LogP) is 5.55. The number of phenols is 1. The third kappa shape index (κ3) is 4.46. The summed E-state index contributed by atoms with van der Waals surface area (Å²) in [7, 11) is 4.65. The third-order valence-electron chi connectivity index (χ3n) is 4.42. The lowest BCUT2D eigenvalue weighted by Crippen LogP contribution is -2.04. The molecule has 0 bridgehead atoms. The topological polar surface area (TPSA) is 60.3 Å². The maximum atomic E-state index is 10.6. The summed E-state index contributed by atoms with van der Waals surface area (Å²) in [5.74, 6) is 1.62. The van der Waals surface area contributed by atoms with E-state index in [1.54, 1.807) is 51.7 Å². The molecule has 6 heteroatoms. The van der Waals surface area contributed by atoms with Gasteiger partial charge < -0.3 is 19.3 Å². The third-order valence-corrected chi connectivity index (χ3v) is 4.67. The van der Waals surface area contributed by atoms with E-state index in [-0.39, 0.29) is 5.75 Å². The number of nitrogens with zero attached hydrogens (tertiary/aromatic N) is 1. The molecular formula is C23H22ClNO4. The largest absolute Gasteiger partial charge is 0.507 e. The number of benzene rings is 3. The van der Waals surface area contributed by atoms with Gasteiger partial charge in [-0.05, 0) is 36.8 Å². The quantitative estimate of drug-likeness (QED) is 0.540. The first kappa shape index (κ1) is 20.6. The van der Waals surface area contributed by atoms with Gasteiger partial charge in [0, 0.05) is 28.3 Å². The van der Waals surface area contributed by atoms with Crippen molar-refractivity contribution in [2.24, 2.45) is 4.99 Å². The van der Waals surface area contributed by atoms with Crippen LogP contribution in [0.3, 0.4) is 0 Å². The van der Waals surface area contributed by atoms with Gasteiger partial charge in [0.25, 0.3) is 0 Å². The molecule has 0 saturated carbocycles. The van der Waals surface area contributed by atoms with Crippen molar-refractivity contribution < 1.29 is 19.3 Å². The monoisotopic (exact) mass is 411 g/mol. The number of halogens is 1. The van der Waals surface area contributed by atoms with Crippen molar-refractivity contribution in [1.29, 1.82) is 0 Å². The summed E-state index contributed by atoms with van der Waals surface area (Å²) in [6, 6.07) is 16.3. The van der Waals surface area contributed by atoms with E-state index in [0.717, 1.165) is 11.1 Å². The highest BCUT2D eigenvalue weighted by Crippen LogP contribution is 2.41. The molecule has 0 heterocycles. The average molecular weight is 412 g/mol. The highest BCUT2D eigenvalue weighted by Gasteiger charge is 2.16. The molecule has 29 heavy (non-hydrogen) atoms. The van der Waals surface area contributed by atoms with E-state index in [9.17, 15) is 5.11 Å². The maximum absolute atomic E-state index is 10.6. The number of ether oxygens (including phenoxy) is 3. The molecule has 0 saturated heterocycles. The Kier molecular flexibility index (Phi) is 6.29. The van der Waals surface area contributed by atoms with Crippen LogP contribution in [0.25, 0.3) is 0 Å². The lowest BCUT2D eigenvalue weighted by molar-refractivity contribution is 0.324. The highest BCUT2D eigenvalue weighted by molar-refractivity contribution is 6.30. The van der Waals surface area contributed by atoms with E-state index >= 15 is 0 Å². The van der Waals surface area contributed by atoms with Crippen LogP contribution < -0.4 is 14.2 Å². The van der Waals surface area contributed by atoms with Crippen LogP contribution in [0, 0.1) is 6.92 Å². The van der Waals surface area contributed by atoms with Crippen molar-refractivity contribution in [3.05, 3.63) is 76.3 Å². The molecule has 3 rings (SSSR count). The van der Waals surface area contributed by atoms with Gasteiger partial charge in [0.1, 0.15) is 5.75 Å². The molecule has 0 aliphatic heterocycles. The second-order valence-electron chi connectivity index (χ2n) is 6.37. The second kappa shape index (κ2) is 8.88. The van der Waals surface area contributed by atoms with Crippen molar-refractivity contribution in [3.8, 4) is 23.0 Å². The zero-order chi connectivity index (χ0) is 21.0. The van der Waals surface area contributed by atoms with E-state index in [0.29, 0.717) is 39.2 Å². The first-order chi connectivity index (χ1) is 14.0. The fourth-order valence-electron chi connectivity index (χ4n) is 2.99. The first-order valence-electron chi connectivity index (χ1n) is 8.91. The zero-order valence-corrected chi connectivity index (χ0v) is 17.4. The van der Waals surface area contributed by atoms with E-state index in [4.69, 9.17) is 30.8 Å². The fourth-order valence-corrected chi connectivity index (χ4v) is 3.12. The molecule has 0 aromatic heterocycles. The Labute approximate surface area is 175 Å². The van der Waals surface area contributed by atoms with Gasteiger partial charge in [-0.25, -0.2) is 4.99 Å². The van der Waals surface area contributed by atoms with Gasteiger partial charge in [0.15, 0.2) is 11.5 Å². The van der Waals surface area contributed by atoms with Crippen LogP contribution >= 0.6 is 11.6 Å². The van der Waals surface area contributed by atoms with Crippen LogP contribution in [0.4, 0.5) is 5.69 Å². The number of rotatable bonds is 6. The van der Waals surface area contributed by atoms with Crippen molar-refractivity contribution in [1.82, 2.24) is 0 Å². The lowest BCUT2D eigenvalue weighted by Gasteiger charge is -2.14. The maximum Gasteiger partial charge on any atom is 0.203 e. The number of methoxy groups -OCH3 is 3. The molecule has 150 valence electrons.